The summed E-state index contributed by atoms with van der Waals surface area (Å²) in [6.45, 7) is 4.70. The average molecular weight is 968 g/mol. The molecular formula is C60H105NO8. The minimum Gasteiger partial charge on any atom is -0.545 e. The molecule has 0 fully saturated rings. The SMILES string of the molecule is CCCCCCC/C=C\C/C=C\C/C=C\CCCCCCCCCCC(=O)OC(COC(=O)CCCCCCCC/C=C\C/C=C\C/C=C\CCCCCCC)COC(OCC[N+](C)(C)C)C(=O)[O-]. The second kappa shape index (κ2) is 51.1. The van der Waals surface area contributed by atoms with Gasteiger partial charge in [-0.05, 0) is 89.9 Å². The Labute approximate surface area is 424 Å². The number of carboxylic acids is 1. The number of carbonyl (C=O) groups excluding carboxylic acids is 3. The second-order valence-corrected chi connectivity index (χ2v) is 19.9. The minimum absolute atomic E-state index is 0.140. The molecule has 0 aliphatic carbocycles. The highest BCUT2D eigenvalue weighted by atomic mass is 16.7. The Hall–Kier alpha value is -3.27. The number of allylic oxidation sites excluding steroid dienone is 12. The van der Waals surface area contributed by atoms with Gasteiger partial charge in [-0.3, -0.25) is 9.59 Å². The lowest BCUT2D eigenvalue weighted by molar-refractivity contribution is -0.870. The van der Waals surface area contributed by atoms with E-state index in [9.17, 15) is 19.5 Å². The van der Waals surface area contributed by atoms with E-state index >= 15 is 0 Å². The molecule has 0 aliphatic rings. The molecule has 2 unspecified atom stereocenters. The molecule has 0 aromatic rings. The maximum absolute atomic E-state index is 12.8. The van der Waals surface area contributed by atoms with Gasteiger partial charge in [0.25, 0.3) is 0 Å². The molecule has 0 spiro atoms. The zero-order chi connectivity index (χ0) is 50.6. The van der Waals surface area contributed by atoms with Gasteiger partial charge in [0.2, 0.25) is 0 Å². The van der Waals surface area contributed by atoms with Crippen LogP contribution in [0.4, 0.5) is 0 Å². The third-order valence-electron chi connectivity index (χ3n) is 11.9. The monoisotopic (exact) mass is 968 g/mol. The van der Waals surface area contributed by atoms with Crippen LogP contribution in [0.2, 0.25) is 0 Å². The lowest BCUT2D eigenvalue weighted by atomic mass is 10.1. The van der Waals surface area contributed by atoms with E-state index in [2.05, 4.69) is 86.8 Å². The van der Waals surface area contributed by atoms with E-state index in [-0.39, 0.29) is 38.6 Å². The van der Waals surface area contributed by atoms with Gasteiger partial charge >= 0.3 is 11.9 Å². The summed E-state index contributed by atoms with van der Waals surface area (Å²) < 4.78 is 22.7. The molecule has 0 radical (unpaired) electrons. The standard InChI is InChI=1S/C60H105NO8/c1-6-8-10-12-14-16-18-20-22-24-26-28-29-31-33-35-37-39-41-43-45-47-49-51-58(63)69-56(55-68-60(59(64)65)66-53-52-61(3,4)5)54-67-57(62)50-48-46-44-42-40-38-36-34-32-30-27-25-23-21-19-17-15-13-11-9-7-2/h18-21,24-27,29,31-32,34,56,60H,6-17,22-23,28,30,33,35-55H2,1-5H3/b20-18-,21-19-,26-24-,27-25-,31-29-,34-32-. The molecule has 0 aromatic heterocycles. The van der Waals surface area contributed by atoms with Gasteiger partial charge in [-0.25, -0.2) is 0 Å². The van der Waals surface area contributed by atoms with Gasteiger partial charge in [-0.15, -0.1) is 0 Å². The Kier molecular flexibility index (Phi) is 48.7. The van der Waals surface area contributed by atoms with Crippen LogP contribution in [0.5, 0.6) is 0 Å². The number of quaternary nitrogens is 1. The minimum atomic E-state index is -1.63. The number of aliphatic carboxylic acids is 1. The molecule has 0 heterocycles. The number of likely N-dealkylation sites (N-methyl/N-ethyl adjacent to an activating group) is 1. The van der Waals surface area contributed by atoms with E-state index in [4.69, 9.17) is 18.9 Å². The van der Waals surface area contributed by atoms with Crippen LogP contribution >= 0.6 is 0 Å². The lowest BCUT2D eigenvalue weighted by Crippen LogP contribution is -2.44. The highest BCUT2D eigenvalue weighted by Gasteiger charge is 2.22. The van der Waals surface area contributed by atoms with Crippen molar-refractivity contribution in [2.75, 3.05) is 47.5 Å². The molecule has 398 valence electrons. The van der Waals surface area contributed by atoms with Crippen LogP contribution in [0.1, 0.15) is 232 Å². The number of carboxylic acid groups (broad SMARTS) is 1. The Morgan fingerprint density at radius 3 is 1.16 bits per heavy atom. The zero-order valence-corrected chi connectivity index (χ0v) is 45.2. The predicted octanol–water partition coefficient (Wildman–Crippen LogP) is 14.9. The third kappa shape index (κ3) is 52.4. The van der Waals surface area contributed by atoms with E-state index in [0.29, 0.717) is 17.4 Å². The van der Waals surface area contributed by atoms with Crippen LogP contribution in [0.15, 0.2) is 72.9 Å². The first-order chi connectivity index (χ1) is 33.6. The van der Waals surface area contributed by atoms with Crippen molar-refractivity contribution < 1.29 is 42.9 Å². The maximum Gasteiger partial charge on any atom is 0.306 e. The number of nitrogens with zero attached hydrogens (tertiary/aromatic N) is 1. The van der Waals surface area contributed by atoms with Gasteiger partial charge in [-0.1, -0.05) is 202 Å². The van der Waals surface area contributed by atoms with Gasteiger partial charge in [0.15, 0.2) is 12.4 Å². The van der Waals surface area contributed by atoms with Gasteiger partial charge in [0, 0.05) is 12.8 Å². The Balaban J connectivity index is 4.34. The number of rotatable bonds is 51. The number of hydrogen-bond donors (Lipinski definition) is 0. The van der Waals surface area contributed by atoms with Crippen molar-refractivity contribution in [3.63, 3.8) is 0 Å². The van der Waals surface area contributed by atoms with Crippen LogP contribution in [0, 0.1) is 0 Å². The fourth-order valence-electron chi connectivity index (χ4n) is 7.55. The van der Waals surface area contributed by atoms with Crippen LogP contribution in [0.25, 0.3) is 0 Å². The molecule has 0 bridgehead atoms. The van der Waals surface area contributed by atoms with Gasteiger partial charge in [-0.2, -0.15) is 0 Å². The van der Waals surface area contributed by atoms with E-state index < -0.39 is 24.3 Å². The summed E-state index contributed by atoms with van der Waals surface area (Å²) in [4.78, 5) is 37.3. The van der Waals surface area contributed by atoms with E-state index in [0.717, 1.165) is 83.5 Å². The van der Waals surface area contributed by atoms with Gasteiger partial charge in [0.1, 0.15) is 13.2 Å². The summed E-state index contributed by atoms with van der Waals surface area (Å²) in [7, 11) is 5.91. The zero-order valence-electron chi connectivity index (χ0n) is 45.2. The molecule has 0 aliphatic heterocycles. The van der Waals surface area contributed by atoms with Crippen LogP contribution in [-0.4, -0.2) is 82.3 Å². The Morgan fingerprint density at radius 2 is 0.783 bits per heavy atom. The molecule has 9 heteroatoms. The molecule has 0 saturated carbocycles. The predicted molar refractivity (Wildman–Crippen MR) is 288 cm³/mol. The van der Waals surface area contributed by atoms with Crippen molar-refractivity contribution in [3.8, 4) is 0 Å². The summed E-state index contributed by atoms with van der Waals surface area (Å²) in [5.74, 6) is -2.31. The largest absolute Gasteiger partial charge is 0.545 e. The molecule has 0 aromatic carbocycles. The average Bonchev–Trinajstić information content (AvgIpc) is 3.31. The summed E-state index contributed by atoms with van der Waals surface area (Å²) in [5, 5.41) is 11.8. The lowest BCUT2D eigenvalue weighted by Gasteiger charge is -2.26. The van der Waals surface area contributed by atoms with Crippen molar-refractivity contribution in [2.45, 2.75) is 245 Å². The molecule has 0 saturated heterocycles. The first kappa shape index (κ1) is 65.7. The maximum atomic E-state index is 12.8. The van der Waals surface area contributed by atoms with Crippen LogP contribution < -0.4 is 5.11 Å². The summed E-state index contributed by atoms with van der Waals surface area (Å²) in [6.07, 6.45) is 62.2. The molecule has 9 nitrogen and oxygen atoms in total. The molecule has 69 heavy (non-hydrogen) atoms. The van der Waals surface area contributed by atoms with Crippen molar-refractivity contribution in [3.05, 3.63) is 72.9 Å². The van der Waals surface area contributed by atoms with E-state index in [1.54, 1.807) is 0 Å². The second-order valence-electron chi connectivity index (χ2n) is 19.9. The van der Waals surface area contributed by atoms with Crippen molar-refractivity contribution in [1.82, 2.24) is 0 Å². The Morgan fingerprint density at radius 1 is 0.435 bits per heavy atom. The summed E-state index contributed by atoms with van der Waals surface area (Å²) in [5.41, 5.74) is 0. The summed E-state index contributed by atoms with van der Waals surface area (Å²) >= 11 is 0. The number of unbranched alkanes of at least 4 members (excludes halogenated alkanes) is 24. The number of ether oxygens (including phenoxy) is 4. The molecule has 0 rings (SSSR count). The number of carbonyl (C=O) groups is 3. The first-order valence-electron chi connectivity index (χ1n) is 28.1. The number of hydrogen-bond acceptors (Lipinski definition) is 8. The molecule has 0 N–H and O–H groups in total. The highest BCUT2D eigenvalue weighted by Crippen LogP contribution is 2.14. The quantitative estimate of drug-likeness (QED) is 0.0195. The molecular weight excluding hydrogens is 863 g/mol. The summed E-state index contributed by atoms with van der Waals surface area (Å²) in [6, 6.07) is 0. The number of esters is 2. The third-order valence-corrected chi connectivity index (χ3v) is 11.9. The Bertz CT molecular complexity index is 1360. The first-order valence-corrected chi connectivity index (χ1v) is 28.1. The highest BCUT2D eigenvalue weighted by molar-refractivity contribution is 5.70. The van der Waals surface area contributed by atoms with E-state index in [1.165, 1.54) is 116 Å². The van der Waals surface area contributed by atoms with Crippen molar-refractivity contribution in [1.29, 1.82) is 0 Å². The van der Waals surface area contributed by atoms with Gasteiger partial charge in [0.05, 0.1) is 40.3 Å². The normalized spacial score (nSPS) is 13.3. The fraction of sp³-hybridized carbons (Fsp3) is 0.750. The topological polar surface area (TPSA) is 111 Å². The van der Waals surface area contributed by atoms with Crippen molar-refractivity contribution >= 4 is 17.9 Å². The molecule has 0 amide bonds. The molecule has 2 atom stereocenters. The fourth-order valence-corrected chi connectivity index (χ4v) is 7.55. The van der Waals surface area contributed by atoms with E-state index in [1.807, 2.05) is 21.1 Å². The van der Waals surface area contributed by atoms with Gasteiger partial charge < -0.3 is 33.3 Å². The van der Waals surface area contributed by atoms with Crippen LogP contribution in [0.3, 0.4) is 0 Å². The van der Waals surface area contributed by atoms with Crippen LogP contribution in [-0.2, 0) is 33.3 Å². The van der Waals surface area contributed by atoms with Crippen molar-refractivity contribution in [2.24, 2.45) is 0 Å². The smallest absolute Gasteiger partial charge is 0.306 e.